The van der Waals surface area contributed by atoms with E-state index in [1.807, 2.05) is 0 Å². The molecule has 0 radical (unpaired) electrons. The molecule has 0 heterocycles. The molecule has 0 aliphatic carbocycles. The van der Waals surface area contributed by atoms with Gasteiger partial charge in [-0.3, -0.25) is 0 Å². The minimum absolute atomic E-state index is 0.851. The quantitative estimate of drug-likeness (QED) is 0.361. The van der Waals surface area contributed by atoms with Crippen molar-refractivity contribution < 1.29 is 0 Å². The molecular weight excluding hydrogens is 94.5 g/mol. The first-order valence-electron chi connectivity index (χ1n) is 1.97. The second kappa shape index (κ2) is 5.29. The van der Waals surface area contributed by atoms with Gasteiger partial charge in [0, 0.05) is 0 Å². The molecule has 0 nitrogen and oxygen atoms in total. The Labute approximate surface area is 55.3 Å². The third-order valence-electron chi connectivity index (χ3n) is 0.487. The Morgan fingerprint density at radius 2 is 2.20 bits per heavy atom. The molecule has 0 amide bonds. The van der Waals surface area contributed by atoms with Gasteiger partial charge in [0.15, 0.2) is 0 Å². The van der Waals surface area contributed by atoms with Crippen LogP contribution in [0.2, 0.25) is 3.67 Å². The van der Waals surface area contributed by atoms with Gasteiger partial charge in [-0.05, 0) is 0 Å². The number of hydrogen-bond acceptors (Lipinski definition) is 0. The molecule has 0 fully saturated rings. The van der Waals surface area contributed by atoms with Gasteiger partial charge in [-0.15, -0.1) is 0 Å². The van der Waals surface area contributed by atoms with E-state index in [0.29, 0.717) is 0 Å². The van der Waals surface area contributed by atoms with Crippen LogP contribution in [0, 0.1) is 0 Å². The molecule has 2 heteroatoms. The SMILES string of the molecule is [Na][CH2]CCCl. The van der Waals surface area contributed by atoms with Crippen LogP contribution in [-0.4, -0.2) is 33.8 Å². The first-order chi connectivity index (χ1) is 2.41. The molecule has 0 aliphatic heterocycles. The normalized spacial score (nSPS) is 8.60. The Bertz CT molecular complexity index is 14.4. The van der Waals surface area contributed by atoms with Gasteiger partial charge in [-0.1, -0.05) is 0 Å². The van der Waals surface area contributed by atoms with E-state index in [1.54, 1.807) is 0 Å². The zero-order chi connectivity index (χ0) is 4.12. The van der Waals surface area contributed by atoms with Gasteiger partial charge in [0.05, 0.1) is 0 Å². The first-order valence-corrected chi connectivity index (χ1v) is 3.92. The molecule has 5 heavy (non-hydrogen) atoms. The van der Waals surface area contributed by atoms with Crippen LogP contribution in [0.5, 0.6) is 0 Å². The molecule has 0 saturated carbocycles. The van der Waals surface area contributed by atoms with E-state index in [1.165, 1.54) is 38.0 Å². The molecule has 0 unspecified atom stereocenters. The number of hydrogen-bond donors (Lipinski definition) is 0. The van der Waals surface area contributed by atoms with E-state index in [4.69, 9.17) is 11.6 Å². The molecule has 0 bridgehead atoms. The summed E-state index contributed by atoms with van der Waals surface area (Å²) in [7, 11) is 0. The van der Waals surface area contributed by atoms with E-state index >= 15 is 0 Å². The van der Waals surface area contributed by atoms with Crippen LogP contribution in [-0.2, 0) is 0 Å². The Balaban J connectivity index is 2.19. The molecule has 0 atom stereocenters. The van der Waals surface area contributed by atoms with Crippen LogP contribution in [0.4, 0.5) is 0 Å². The van der Waals surface area contributed by atoms with Crippen LogP contribution >= 0.6 is 11.6 Å². The van der Waals surface area contributed by atoms with Gasteiger partial charge in [-0.25, -0.2) is 0 Å². The Morgan fingerprint density at radius 1 is 1.60 bits per heavy atom. The average molecular weight is 101 g/mol. The first kappa shape index (κ1) is 6.29. The number of rotatable bonds is 2. The number of halogens is 1. The standard InChI is InChI=1S/C3H6Cl.Na/c1-2-3-4;/h1-3H2;. The second-order valence-electron chi connectivity index (χ2n) is 1.04. The van der Waals surface area contributed by atoms with Gasteiger partial charge >= 0.3 is 55.5 Å². The second-order valence-corrected chi connectivity index (χ2v) is 2.42. The van der Waals surface area contributed by atoms with Gasteiger partial charge < -0.3 is 0 Å². The molecule has 0 aromatic carbocycles. The summed E-state index contributed by atoms with van der Waals surface area (Å²) >= 11 is 6.64. The zero-order valence-electron chi connectivity index (χ0n) is 3.50. The van der Waals surface area contributed by atoms with Crippen molar-refractivity contribution in [1.82, 2.24) is 0 Å². The average Bonchev–Trinajstić information content (AvgIpc) is 1.41. The van der Waals surface area contributed by atoms with Gasteiger partial charge in [0.25, 0.3) is 0 Å². The van der Waals surface area contributed by atoms with Crippen LogP contribution in [0.1, 0.15) is 6.42 Å². The topological polar surface area (TPSA) is 0 Å². The zero-order valence-corrected chi connectivity index (χ0v) is 6.26. The molecule has 0 aliphatic rings. The van der Waals surface area contributed by atoms with Crippen LogP contribution in [0.3, 0.4) is 0 Å². The Morgan fingerprint density at radius 3 is 2.20 bits per heavy atom. The van der Waals surface area contributed by atoms with Crippen molar-refractivity contribution in [3.63, 3.8) is 0 Å². The molecule has 0 aromatic heterocycles. The fourth-order valence-electron chi connectivity index (χ4n) is 0.134. The van der Waals surface area contributed by atoms with Crippen molar-refractivity contribution in [1.29, 1.82) is 0 Å². The Hall–Kier alpha value is 1.29. The summed E-state index contributed by atoms with van der Waals surface area (Å²) in [6.07, 6.45) is 1.22. The maximum absolute atomic E-state index is 5.32. The summed E-state index contributed by atoms with van der Waals surface area (Å²) in [6, 6.07) is 0. The maximum atomic E-state index is 5.32. The summed E-state index contributed by atoms with van der Waals surface area (Å²) in [5.41, 5.74) is 0. The van der Waals surface area contributed by atoms with Crippen molar-refractivity contribution in [3.8, 4) is 0 Å². The predicted molar refractivity (Wildman–Crippen MR) is 25.9 cm³/mol. The number of alkyl halides is 1. The van der Waals surface area contributed by atoms with Gasteiger partial charge in [0.2, 0.25) is 0 Å². The molecular formula is C3H6ClNa. The van der Waals surface area contributed by atoms with E-state index in [0.717, 1.165) is 5.88 Å². The van der Waals surface area contributed by atoms with Crippen LogP contribution in [0.15, 0.2) is 0 Å². The molecule has 26 valence electrons. The fraction of sp³-hybridized carbons (Fsp3) is 1.00. The van der Waals surface area contributed by atoms with Crippen LogP contribution < -0.4 is 0 Å². The van der Waals surface area contributed by atoms with E-state index in [-0.39, 0.29) is 0 Å². The molecule has 0 rings (SSSR count). The molecule has 0 aromatic rings. The third kappa shape index (κ3) is 5.29. The third-order valence-corrected chi connectivity index (χ3v) is 1.46. The molecule has 0 saturated heterocycles. The van der Waals surface area contributed by atoms with E-state index < -0.39 is 0 Å². The van der Waals surface area contributed by atoms with E-state index in [2.05, 4.69) is 0 Å². The summed E-state index contributed by atoms with van der Waals surface area (Å²) < 4.78 is 1.35. The van der Waals surface area contributed by atoms with Crippen molar-refractivity contribution in [3.05, 3.63) is 0 Å². The van der Waals surface area contributed by atoms with Gasteiger partial charge in [0.1, 0.15) is 0 Å². The van der Waals surface area contributed by atoms with Crippen molar-refractivity contribution >= 4 is 39.5 Å². The van der Waals surface area contributed by atoms with Crippen molar-refractivity contribution in [2.24, 2.45) is 0 Å². The van der Waals surface area contributed by atoms with Crippen LogP contribution in [0.25, 0.3) is 0 Å². The Kier molecular flexibility index (Phi) is 6.65. The summed E-state index contributed by atoms with van der Waals surface area (Å²) in [5.74, 6) is 0.851. The molecule has 0 spiro atoms. The predicted octanol–water partition coefficient (Wildman–Crippen LogP) is 1.20. The van der Waals surface area contributed by atoms with Gasteiger partial charge in [-0.2, -0.15) is 0 Å². The monoisotopic (exact) mass is 100 g/mol. The van der Waals surface area contributed by atoms with Crippen molar-refractivity contribution in [2.45, 2.75) is 10.1 Å². The minimum atomic E-state index is 0.851. The fourth-order valence-corrected chi connectivity index (χ4v) is 1.20. The summed E-state index contributed by atoms with van der Waals surface area (Å²) in [4.78, 5) is 0. The van der Waals surface area contributed by atoms with Crippen molar-refractivity contribution in [2.75, 3.05) is 5.88 Å². The molecule has 0 N–H and O–H groups in total. The van der Waals surface area contributed by atoms with E-state index in [9.17, 15) is 0 Å². The summed E-state index contributed by atoms with van der Waals surface area (Å²) in [6.45, 7) is 0. The summed E-state index contributed by atoms with van der Waals surface area (Å²) in [5, 5.41) is 0.